The van der Waals surface area contributed by atoms with Crippen molar-refractivity contribution in [2.45, 2.75) is 25.3 Å². The van der Waals surface area contributed by atoms with E-state index in [-0.39, 0.29) is 12.6 Å². The van der Waals surface area contributed by atoms with Gasteiger partial charge in [0.05, 0.1) is 18.5 Å². The zero-order valence-corrected chi connectivity index (χ0v) is 11.6. The summed E-state index contributed by atoms with van der Waals surface area (Å²) in [5, 5.41) is 23.3. The van der Waals surface area contributed by atoms with Gasteiger partial charge in [0.25, 0.3) is 0 Å². The summed E-state index contributed by atoms with van der Waals surface area (Å²) in [6, 6.07) is 8.19. The summed E-state index contributed by atoms with van der Waals surface area (Å²) in [6.45, 7) is -0.404. The molecule has 0 heterocycles. The van der Waals surface area contributed by atoms with E-state index in [9.17, 15) is 4.39 Å². The summed E-state index contributed by atoms with van der Waals surface area (Å²) < 4.78 is 12.2. The van der Waals surface area contributed by atoms with Gasteiger partial charge in [0.2, 0.25) is 12.2 Å². The summed E-state index contributed by atoms with van der Waals surface area (Å²) in [7, 11) is 0. The number of hydrogen-bond acceptors (Lipinski definition) is 3. The summed E-state index contributed by atoms with van der Waals surface area (Å²) >= 11 is 0. The zero-order chi connectivity index (χ0) is 15.1. The number of rotatable bonds is 4. The maximum Gasteiger partial charge on any atom is 0.209 e. The minimum absolute atomic E-state index is 0.0512. The fourth-order valence-corrected chi connectivity index (χ4v) is 2.53. The van der Waals surface area contributed by atoms with E-state index in [1.165, 1.54) is 5.56 Å². The Morgan fingerprint density at radius 2 is 2.29 bits per heavy atom. The summed E-state index contributed by atoms with van der Waals surface area (Å²) in [6.07, 6.45) is 3.91. The van der Waals surface area contributed by atoms with Crippen LogP contribution in [0.25, 0.3) is 0 Å². The number of nitrogens with one attached hydrogen (secondary N) is 2. The van der Waals surface area contributed by atoms with Crippen molar-refractivity contribution in [3.05, 3.63) is 34.9 Å². The Hall–Kier alpha value is -2.60. The second-order valence-electron chi connectivity index (χ2n) is 4.78. The third-order valence-corrected chi connectivity index (χ3v) is 3.43. The number of benzene rings is 1. The summed E-state index contributed by atoms with van der Waals surface area (Å²) in [4.78, 5) is 3.64. The first-order chi connectivity index (χ1) is 10.3. The number of hydrogen-bond donors (Lipinski definition) is 2. The van der Waals surface area contributed by atoms with Gasteiger partial charge in [-0.3, -0.25) is 0 Å². The average molecular weight is 285 g/mol. The van der Waals surface area contributed by atoms with Gasteiger partial charge in [0.1, 0.15) is 6.67 Å². The van der Waals surface area contributed by atoms with Crippen molar-refractivity contribution in [2.24, 2.45) is 4.99 Å². The molecule has 0 saturated carbocycles. The van der Waals surface area contributed by atoms with Gasteiger partial charge in [-0.1, -0.05) is 18.2 Å². The van der Waals surface area contributed by atoms with Crippen molar-refractivity contribution in [3.8, 4) is 12.3 Å². The van der Waals surface area contributed by atoms with E-state index >= 15 is 0 Å². The van der Waals surface area contributed by atoms with Crippen LogP contribution in [-0.2, 0) is 12.8 Å². The Kier molecular flexibility index (Phi) is 5.11. The van der Waals surface area contributed by atoms with Crippen LogP contribution in [0.3, 0.4) is 0 Å². The van der Waals surface area contributed by atoms with Crippen LogP contribution < -0.4 is 10.6 Å². The Bertz CT molecular complexity index is 611. The van der Waals surface area contributed by atoms with Gasteiger partial charge >= 0.3 is 0 Å². The molecule has 0 aromatic heterocycles. The normalized spacial score (nSPS) is 16.7. The maximum atomic E-state index is 12.2. The Morgan fingerprint density at radius 3 is 3.00 bits per heavy atom. The quantitative estimate of drug-likeness (QED) is 0.501. The van der Waals surface area contributed by atoms with Gasteiger partial charge in [-0.05, 0) is 29.5 Å². The molecule has 1 atom stereocenters. The highest BCUT2D eigenvalue weighted by atomic mass is 19.1. The highest BCUT2D eigenvalue weighted by molar-refractivity contribution is 5.81. The van der Waals surface area contributed by atoms with Crippen molar-refractivity contribution in [2.75, 3.05) is 13.2 Å². The molecule has 1 aromatic carbocycles. The van der Waals surface area contributed by atoms with Crippen LogP contribution >= 0.6 is 0 Å². The topological polar surface area (TPSA) is 84.0 Å². The number of guanidine groups is 1. The molecule has 1 aromatic rings. The number of aryl methyl sites for hydroxylation is 1. The fourth-order valence-electron chi connectivity index (χ4n) is 2.53. The molecule has 5 nitrogen and oxygen atoms in total. The molecule has 0 spiro atoms. The molecule has 0 radical (unpaired) electrons. The molecule has 6 heteroatoms. The summed E-state index contributed by atoms with van der Waals surface area (Å²) in [5.74, 6) is 0.300. The largest absolute Gasteiger partial charge is 0.353 e. The first-order valence-corrected chi connectivity index (χ1v) is 6.80. The molecule has 1 unspecified atom stereocenters. The first kappa shape index (κ1) is 14.8. The van der Waals surface area contributed by atoms with Gasteiger partial charge < -0.3 is 10.6 Å². The second kappa shape index (κ2) is 7.25. The van der Waals surface area contributed by atoms with E-state index in [2.05, 4.69) is 27.8 Å². The van der Waals surface area contributed by atoms with Crippen molar-refractivity contribution in [3.63, 3.8) is 0 Å². The van der Waals surface area contributed by atoms with E-state index in [1.807, 2.05) is 12.1 Å². The fraction of sp³-hybridized carbons (Fsp3) is 0.400. The Balaban J connectivity index is 2.10. The molecule has 2 N–H and O–H groups in total. The molecule has 2 rings (SSSR count). The van der Waals surface area contributed by atoms with Crippen molar-refractivity contribution in [1.82, 2.24) is 10.6 Å². The third-order valence-electron chi connectivity index (χ3n) is 3.43. The standard InChI is InChI=1S/C15H16FN5/c16-6-8-19-15(20-10-18)21-14-4-2-12-9-11(5-7-17)1-3-13(12)14/h1,3,9,14H,2,4-6,8H2,(H2,19,20,21). The van der Waals surface area contributed by atoms with Gasteiger partial charge in [-0.15, -0.1) is 4.99 Å². The molecule has 21 heavy (non-hydrogen) atoms. The van der Waals surface area contributed by atoms with Crippen LogP contribution in [0.1, 0.15) is 29.2 Å². The highest BCUT2D eigenvalue weighted by Gasteiger charge is 2.23. The van der Waals surface area contributed by atoms with Crippen LogP contribution in [0.4, 0.5) is 4.39 Å². The molecular weight excluding hydrogens is 269 g/mol. The Morgan fingerprint density at radius 1 is 1.43 bits per heavy atom. The van der Waals surface area contributed by atoms with Gasteiger partial charge in [-0.2, -0.15) is 10.5 Å². The molecule has 108 valence electrons. The molecule has 0 aliphatic heterocycles. The first-order valence-electron chi connectivity index (χ1n) is 6.80. The molecule has 1 aliphatic carbocycles. The molecule has 1 aliphatic rings. The lowest BCUT2D eigenvalue weighted by Crippen LogP contribution is -2.39. The number of nitrogens with zero attached hydrogens (tertiary/aromatic N) is 3. The minimum atomic E-state index is -0.523. The smallest absolute Gasteiger partial charge is 0.209 e. The number of nitriles is 2. The van der Waals surface area contributed by atoms with E-state index in [0.29, 0.717) is 12.4 Å². The molecule has 0 saturated heterocycles. The molecule has 0 amide bonds. The third kappa shape index (κ3) is 3.70. The lowest BCUT2D eigenvalue weighted by atomic mass is 10.0. The monoisotopic (exact) mass is 285 g/mol. The van der Waals surface area contributed by atoms with Crippen LogP contribution in [0.5, 0.6) is 0 Å². The maximum absolute atomic E-state index is 12.2. The van der Waals surface area contributed by atoms with Gasteiger partial charge in [-0.25, -0.2) is 4.39 Å². The van der Waals surface area contributed by atoms with E-state index < -0.39 is 6.67 Å². The summed E-state index contributed by atoms with van der Waals surface area (Å²) in [5.41, 5.74) is 3.37. The zero-order valence-electron chi connectivity index (χ0n) is 11.6. The van der Waals surface area contributed by atoms with Crippen molar-refractivity contribution < 1.29 is 4.39 Å². The van der Waals surface area contributed by atoms with Crippen molar-refractivity contribution >= 4 is 5.96 Å². The predicted molar refractivity (Wildman–Crippen MR) is 77.0 cm³/mol. The number of halogens is 1. The van der Waals surface area contributed by atoms with E-state index in [0.717, 1.165) is 24.0 Å². The predicted octanol–water partition coefficient (Wildman–Crippen LogP) is 1.73. The Labute approximate surface area is 123 Å². The van der Waals surface area contributed by atoms with Crippen LogP contribution in [0, 0.1) is 22.8 Å². The molecule has 0 fully saturated rings. The van der Waals surface area contributed by atoms with E-state index in [4.69, 9.17) is 10.5 Å². The van der Waals surface area contributed by atoms with Gasteiger partial charge in [0.15, 0.2) is 0 Å². The number of alkyl halides is 1. The lowest BCUT2D eigenvalue weighted by molar-refractivity contribution is 0.487. The average Bonchev–Trinajstić information content (AvgIpc) is 2.88. The van der Waals surface area contributed by atoms with Crippen molar-refractivity contribution in [1.29, 1.82) is 10.5 Å². The SMILES string of the molecule is N#CCc1ccc2c(c1)CCC2N/C(=N\C#N)NCCF. The van der Waals surface area contributed by atoms with Crippen LogP contribution in [0.2, 0.25) is 0 Å². The lowest BCUT2D eigenvalue weighted by Gasteiger charge is -2.17. The molecular formula is C15H16FN5. The molecule has 0 bridgehead atoms. The van der Waals surface area contributed by atoms with Crippen LogP contribution in [0.15, 0.2) is 23.2 Å². The van der Waals surface area contributed by atoms with E-state index in [1.54, 1.807) is 6.19 Å². The second-order valence-corrected chi connectivity index (χ2v) is 4.78. The van der Waals surface area contributed by atoms with Crippen LogP contribution in [-0.4, -0.2) is 19.2 Å². The van der Waals surface area contributed by atoms with Gasteiger partial charge in [0, 0.05) is 6.54 Å². The number of fused-ring (bicyclic) bond motifs is 1. The minimum Gasteiger partial charge on any atom is -0.353 e. The number of aliphatic imine (C=N–C) groups is 1. The highest BCUT2D eigenvalue weighted by Crippen LogP contribution is 2.31.